The lowest BCUT2D eigenvalue weighted by Crippen LogP contribution is -2.16. The van der Waals surface area contributed by atoms with Crippen LogP contribution in [0.4, 0.5) is 0 Å². The van der Waals surface area contributed by atoms with Gasteiger partial charge in [-0.05, 0) is 11.6 Å². The quantitative estimate of drug-likeness (QED) is 0.572. The third-order valence-electron chi connectivity index (χ3n) is 2.68. The molecule has 16 heavy (non-hydrogen) atoms. The second kappa shape index (κ2) is 4.63. The van der Waals surface area contributed by atoms with Crippen LogP contribution in [0.2, 0.25) is 0 Å². The summed E-state index contributed by atoms with van der Waals surface area (Å²) in [5, 5.41) is 0. The maximum atomic E-state index is 11.2. The molecule has 1 aliphatic rings. The summed E-state index contributed by atoms with van der Waals surface area (Å²) < 4.78 is 15.2. The Morgan fingerprint density at radius 1 is 1.38 bits per heavy atom. The first-order valence-electron chi connectivity index (χ1n) is 5.09. The monoisotopic (exact) mass is 222 g/mol. The summed E-state index contributed by atoms with van der Waals surface area (Å²) in [6, 6.07) is 5.66. The highest BCUT2D eigenvalue weighted by atomic mass is 16.7. The van der Waals surface area contributed by atoms with Crippen LogP contribution in [-0.2, 0) is 27.2 Å². The molecule has 0 N–H and O–H groups in total. The van der Waals surface area contributed by atoms with Gasteiger partial charge in [-0.15, -0.1) is 0 Å². The summed E-state index contributed by atoms with van der Waals surface area (Å²) in [5.74, 6) is -0.239. The Morgan fingerprint density at radius 2 is 2.12 bits per heavy atom. The van der Waals surface area contributed by atoms with Crippen LogP contribution in [-0.4, -0.2) is 26.5 Å². The molecule has 4 heteroatoms. The van der Waals surface area contributed by atoms with E-state index in [2.05, 4.69) is 0 Å². The van der Waals surface area contributed by atoms with Gasteiger partial charge in [0.15, 0.2) is 6.29 Å². The molecule has 0 spiro atoms. The molecule has 0 bridgehead atoms. The molecule has 0 amide bonds. The van der Waals surface area contributed by atoms with E-state index in [0.29, 0.717) is 18.6 Å². The van der Waals surface area contributed by atoms with Crippen molar-refractivity contribution in [2.75, 3.05) is 14.2 Å². The minimum absolute atomic E-state index is 0.239. The fraction of sp³-hybridized carbons (Fsp3) is 0.417. The maximum Gasteiger partial charge on any atom is 0.338 e. The summed E-state index contributed by atoms with van der Waals surface area (Å²) >= 11 is 0. The van der Waals surface area contributed by atoms with Crippen LogP contribution in [0.1, 0.15) is 21.5 Å². The van der Waals surface area contributed by atoms with Gasteiger partial charge in [-0.3, -0.25) is 0 Å². The number of cyclic esters (lactones) is 1. The summed E-state index contributed by atoms with van der Waals surface area (Å²) in [6.07, 6.45) is 0.408. The standard InChI is InChI=1S/C12H14O4/c1-14-11(15-2)6-8-3-4-10-9(5-8)7-16-12(10)13/h3-5,11H,6-7H2,1-2H3. The first-order valence-corrected chi connectivity index (χ1v) is 5.09. The van der Waals surface area contributed by atoms with Crippen LogP contribution < -0.4 is 0 Å². The molecule has 1 heterocycles. The Balaban J connectivity index is 2.16. The third-order valence-corrected chi connectivity index (χ3v) is 2.68. The fourth-order valence-corrected chi connectivity index (χ4v) is 1.77. The normalized spacial score (nSPS) is 14.1. The van der Waals surface area contributed by atoms with Crippen molar-refractivity contribution in [3.63, 3.8) is 0 Å². The van der Waals surface area contributed by atoms with Gasteiger partial charge in [0, 0.05) is 26.2 Å². The van der Waals surface area contributed by atoms with E-state index in [1.165, 1.54) is 0 Å². The smallest absolute Gasteiger partial charge is 0.338 e. The van der Waals surface area contributed by atoms with E-state index in [1.807, 2.05) is 12.1 Å². The second-order valence-electron chi connectivity index (χ2n) is 3.67. The van der Waals surface area contributed by atoms with Crippen LogP contribution in [0.25, 0.3) is 0 Å². The van der Waals surface area contributed by atoms with E-state index in [4.69, 9.17) is 14.2 Å². The molecule has 4 nitrogen and oxygen atoms in total. The molecule has 0 atom stereocenters. The molecule has 1 aliphatic heterocycles. The molecule has 86 valence electrons. The average Bonchev–Trinajstić information content (AvgIpc) is 2.68. The predicted octanol–water partition coefficient (Wildman–Crippen LogP) is 1.52. The molecular weight excluding hydrogens is 208 g/mol. The number of hydrogen-bond acceptors (Lipinski definition) is 4. The van der Waals surface area contributed by atoms with Crippen LogP contribution in [0.5, 0.6) is 0 Å². The molecule has 0 saturated carbocycles. The molecule has 0 fully saturated rings. The minimum Gasteiger partial charge on any atom is -0.457 e. The van der Waals surface area contributed by atoms with Crippen LogP contribution >= 0.6 is 0 Å². The number of fused-ring (bicyclic) bond motifs is 1. The van der Waals surface area contributed by atoms with Crippen molar-refractivity contribution >= 4 is 5.97 Å². The topological polar surface area (TPSA) is 44.8 Å². The molecule has 1 aromatic carbocycles. The van der Waals surface area contributed by atoms with Crippen molar-refractivity contribution in [1.82, 2.24) is 0 Å². The molecule has 2 rings (SSSR count). The number of carbonyl (C=O) groups is 1. The zero-order valence-electron chi connectivity index (χ0n) is 9.36. The van der Waals surface area contributed by atoms with Crippen LogP contribution in [0, 0.1) is 0 Å². The summed E-state index contributed by atoms with van der Waals surface area (Å²) in [4.78, 5) is 11.2. The molecule has 0 aromatic heterocycles. The summed E-state index contributed by atoms with van der Waals surface area (Å²) in [5.41, 5.74) is 2.68. The number of methoxy groups -OCH3 is 2. The van der Waals surface area contributed by atoms with E-state index in [-0.39, 0.29) is 12.3 Å². The molecule has 0 radical (unpaired) electrons. The number of rotatable bonds is 4. The van der Waals surface area contributed by atoms with Crippen LogP contribution in [0.3, 0.4) is 0 Å². The third kappa shape index (κ3) is 2.08. The molecule has 0 unspecified atom stereocenters. The SMILES string of the molecule is COC(Cc1ccc2c(c1)COC2=O)OC. The largest absolute Gasteiger partial charge is 0.457 e. The van der Waals surface area contributed by atoms with Gasteiger partial charge in [-0.25, -0.2) is 4.79 Å². The number of ether oxygens (including phenoxy) is 3. The predicted molar refractivity (Wildman–Crippen MR) is 57.1 cm³/mol. The number of carbonyl (C=O) groups excluding carboxylic acids is 1. The van der Waals surface area contributed by atoms with E-state index in [0.717, 1.165) is 11.1 Å². The van der Waals surface area contributed by atoms with Gasteiger partial charge < -0.3 is 14.2 Å². The molecular formula is C12H14O4. The highest BCUT2D eigenvalue weighted by Crippen LogP contribution is 2.21. The Kier molecular flexibility index (Phi) is 3.22. The van der Waals surface area contributed by atoms with Crippen LogP contribution in [0.15, 0.2) is 18.2 Å². The minimum atomic E-state index is -0.254. The number of benzene rings is 1. The van der Waals surface area contributed by atoms with Gasteiger partial charge in [-0.1, -0.05) is 12.1 Å². The van der Waals surface area contributed by atoms with E-state index < -0.39 is 0 Å². The fourth-order valence-electron chi connectivity index (χ4n) is 1.77. The zero-order valence-corrected chi connectivity index (χ0v) is 9.36. The number of esters is 1. The lowest BCUT2D eigenvalue weighted by atomic mass is 10.0. The highest BCUT2D eigenvalue weighted by Gasteiger charge is 2.21. The van der Waals surface area contributed by atoms with Crippen molar-refractivity contribution in [3.05, 3.63) is 34.9 Å². The summed E-state index contributed by atoms with van der Waals surface area (Å²) in [6.45, 7) is 0.368. The van der Waals surface area contributed by atoms with E-state index >= 15 is 0 Å². The van der Waals surface area contributed by atoms with Crippen molar-refractivity contribution < 1.29 is 19.0 Å². The lowest BCUT2D eigenvalue weighted by Gasteiger charge is -2.13. The average molecular weight is 222 g/mol. The van der Waals surface area contributed by atoms with Crippen molar-refractivity contribution in [2.45, 2.75) is 19.3 Å². The van der Waals surface area contributed by atoms with E-state index in [9.17, 15) is 4.79 Å². The summed E-state index contributed by atoms with van der Waals surface area (Å²) in [7, 11) is 3.21. The highest BCUT2D eigenvalue weighted by molar-refractivity contribution is 5.93. The first kappa shape index (κ1) is 11.1. The zero-order chi connectivity index (χ0) is 11.5. The Hall–Kier alpha value is -1.39. The molecule has 0 saturated heterocycles. The first-order chi connectivity index (χ1) is 7.74. The molecule has 0 aliphatic carbocycles. The van der Waals surface area contributed by atoms with Gasteiger partial charge in [0.25, 0.3) is 0 Å². The van der Waals surface area contributed by atoms with Crippen molar-refractivity contribution in [2.24, 2.45) is 0 Å². The Bertz CT molecular complexity index is 396. The van der Waals surface area contributed by atoms with Gasteiger partial charge in [-0.2, -0.15) is 0 Å². The molecule has 1 aromatic rings. The van der Waals surface area contributed by atoms with Gasteiger partial charge >= 0.3 is 5.97 Å². The lowest BCUT2D eigenvalue weighted by molar-refractivity contribution is -0.100. The van der Waals surface area contributed by atoms with Crippen molar-refractivity contribution in [3.8, 4) is 0 Å². The Morgan fingerprint density at radius 3 is 2.81 bits per heavy atom. The second-order valence-corrected chi connectivity index (χ2v) is 3.67. The van der Waals surface area contributed by atoms with E-state index in [1.54, 1.807) is 20.3 Å². The maximum absolute atomic E-state index is 11.2. The Labute approximate surface area is 94.1 Å². The van der Waals surface area contributed by atoms with Gasteiger partial charge in [0.2, 0.25) is 0 Å². The van der Waals surface area contributed by atoms with Crippen molar-refractivity contribution in [1.29, 1.82) is 0 Å². The van der Waals surface area contributed by atoms with Gasteiger partial charge in [0.1, 0.15) is 6.61 Å². The van der Waals surface area contributed by atoms with Gasteiger partial charge in [0.05, 0.1) is 5.56 Å². The number of hydrogen-bond donors (Lipinski definition) is 0.